The van der Waals surface area contributed by atoms with Gasteiger partial charge in [-0.2, -0.15) is 0 Å². The minimum Gasteiger partial charge on any atom is -0.493 e. The summed E-state index contributed by atoms with van der Waals surface area (Å²) in [6, 6.07) is 3.91. The lowest BCUT2D eigenvalue weighted by atomic mass is 10.2. The second-order valence-electron chi connectivity index (χ2n) is 4.21. The van der Waals surface area contributed by atoms with E-state index >= 15 is 0 Å². The maximum atomic E-state index is 10.9. The first-order chi connectivity index (χ1) is 9.23. The lowest BCUT2D eigenvalue weighted by Gasteiger charge is -2.13. The van der Waals surface area contributed by atoms with Crippen molar-refractivity contribution in [2.24, 2.45) is 5.92 Å². The molecule has 0 N–H and O–H groups in total. The van der Waals surface area contributed by atoms with Gasteiger partial charge in [-0.05, 0) is 6.07 Å². The summed E-state index contributed by atoms with van der Waals surface area (Å²) in [6.45, 7) is 1.76. The van der Waals surface area contributed by atoms with E-state index in [9.17, 15) is 18.5 Å². The van der Waals surface area contributed by atoms with Gasteiger partial charge >= 0.3 is 0 Å². The lowest BCUT2D eigenvalue weighted by Crippen LogP contribution is -2.16. The van der Waals surface area contributed by atoms with Crippen LogP contribution in [-0.4, -0.2) is 32.8 Å². The number of hydrogen-bond acceptors (Lipinski definition) is 6. The van der Waals surface area contributed by atoms with Crippen molar-refractivity contribution in [3.63, 3.8) is 0 Å². The van der Waals surface area contributed by atoms with E-state index in [1.54, 1.807) is 6.92 Å². The molecule has 9 heteroatoms. The third kappa shape index (κ3) is 5.22. The van der Waals surface area contributed by atoms with Crippen molar-refractivity contribution in [1.82, 2.24) is 0 Å². The first kappa shape index (κ1) is 16.5. The first-order valence-corrected chi connectivity index (χ1v) is 8.08. The van der Waals surface area contributed by atoms with Gasteiger partial charge in [0.05, 0.1) is 30.5 Å². The average Bonchev–Trinajstić information content (AvgIpc) is 2.33. The predicted molar refractivity (Wildman–Crippen MR) is 73.9 cm³/mol. The molecule has 1 unspecified atom stereocenters. The summed E-state index contributed by atoms with van der Waals surface area (Å²) in [7, 11) is 2.91. The molecule has 0 aliphatic carbocycles. The third-order valence-corrected chi connectivity index (χ3v) is 3.71. The molecule has 1 atom stereocenters. The summed E-state index contributed by atoms with van der Waals surface area (Å²) < 4.78 is 32.2. The molecule has 0 aliphatic heterocycles. The van der Waals surface area contributed by atoms with Crippen molar-refractivity contribution in [2.75, 3.05) is 19.5 Å². The van der Waals surface area contributed by atoms with Crippen molar-refractivity contribution in [3.05, 3.63) is 28.3 Å². The van der Waals surface area contributed by atoms with Crippen LogP contribution in [0.1, 0.15) is 6.92 Å². The van der Waals surface area contributed by atoms with Crippen LogP contribution in [0.15, 0.2) is 18.2 Å². The molecule has 112 valence electrons. The van der Waals surface area contributed by atoms with Crippen molar-refractivity contribution >= 4 is 25.4 Å². The zero-order chi connectivity index (χ0) is 15.3. The summed E-state index contributed by atoms with van der Waals surface area (Å²) >= 11 is 0. The fourth-order valence-electron chi connectivity index (χ4n) is 1.51. The molecule has 1 aromatic rings. The number of nitrogens with zero attached hydrogens (tertiary/aromatic N) is 1. The lowest BCUT2D eigenvalue weighted by molar-refractivity contribution is -0.385. The number of nitro groups is 1. The third-order valence-electron chi connectivity index (χ3n) is 2.36. The molecule has 0 heterocycles. The molecule has 0 saturated heterocycles. The Bertz CT molecular complexity index is 589. The molecule has 7 nitrogen and oxygen atoms in total. The van der Waals surface area contributed by atoms with Gasteiger partial charge in [0, 0.05) is 22.7 Å². The summed E-state index contributed by atoms with van der Waals surface area (Å²) in [5.74, 6) is -0.0291. The molecule has 0 radical (unpaired) electrons. The Balaban J connectivity index is 2.75. The molecule has 0 spiro atoms. The Hall–Kier alpha value is -1.54. The number of halogens is 1. The van der Waals surface area contributed by atoms with Crippen LogP contribution in [0, 0.1) is 16.0 Å². The van der Waals surface area contributed by atoms with Gasteiger partial charge in [-0.15, -0.1) is 0 Å². The van der Waals surface area contributed by atoms with Crippen LogP contribution < -0.4 is 9.47 Å². The van der Waals surface area contributed by atoms with Gasteiger partial charge in [0.25, 0.3) is 5.69 Å². The number of methoxy groups -OCH3 is 1. The highest BCUT2D eigenvalue weighted by Gasteiger charge is 2.16. The van der Waals surface area contributed by atoms with Crippen LogP contribution in [0.5, 0.6) is 11.5 Å². The van der Waals surface area contributed by atoms with Crippen molar-refractivity contribution in [1.29, 1.82) is 0 Å². The molecular weight excluding hydrogens is 310 g/mol. The van der Waals surface area contributed by atoms with Gasteiger partial charge in [0.1, 0.15) is 0 Å². The number of hydrogen-bond donors (Lipinski definition) is 0. The number of ether oxygens (including phenoxy) is 2. The molecule has 0 bridgehead atoms. The minimum absolute atomic E-state index is 0.0973. The highest BCUT2D eigenvalue weighted by molar-refractivity contribution is 8.13. The van der Waals surface area contributed by atoms with E-state index in [4.69, 9.17) is 20.2 Å². The van der Waals surface area contributed by atoms with Crippen molar-refractivity contribution in [2.45, 2.75) is 6.92 Å². The SMILES string of the molecule is COc1cc([N+](=O)[O-])ccc1OCC(C)CS(=O)(=O)Cl. The fraction of sp³-hybridized carbons (Fsp3) is 0.455. The Morgan fingerprint density at radius 3 is 2.55 bits per heavy atom. The van der Waals surface area contributed by atoms with Gasteiger partial charge < -0.3 is 9.47 Å². The summed E-state index contributed by atoms with van der Waals surface area (Å²) in [5, 5.41) is 10.6. The summed E-state index contributed by atoms with van der Waals surface area (Å²) in [6.07, 6.45) is 0. The largest absolute Gasteiger partial charge is 0.493 e. The van der Waals surface area contributed by atoms with E-state index in [1.807, 2.05) is 0 Å². The highest BCUT2D eigenvalue weighted by Crippen LogP contribution is 2.31. The Kier molecular flexibility index (Phi) is 5.58. The molecule has 20 heavy (non-hydrogen) atoms. The van der Waals surface area contributed by atoms with E-state index in [2.05, 4.69) is 0 Å². The van der Waals surface area contributed by atoms with Crippen LogP contribution in [0.25, 0.3) is 0 Å². The van der Waals surface area contributed by atoms with Crippen molar-refractivity contribution < 1.29 is 22.8 Å². The number of benzene rings is 1. The van der Waals surface area contributed by atoms with Crippen LogP contribution >= 0.6 is 10.7 Å². The molecule has 0 aromatic heterocycles. The van der Waals surface area contributed by atoms with E-state index in [-0.39, 0.29) is 29.7 Å². The highest BCUT2D eigenvalue weighted by atomic mass is 35.7. The van der Waals surface area contributed by atoms with Crippen LogP contribution in [-0.2, 0) is 9.05 Å². The molecule has 0 fully saturated rings. The van der Waals surface area contributed by atoms with Crippen LogP contribution in [0.4, 0.5) is 5.69 Å². The smallest absolute Gasteiger partial charge is 0.273 e. The van der Waals surface area contributed by atoms with Crippen LogP contribution in [0.2, 0.25) is 0 Å². The number of rotatable bonds is 7. The Morgan fingerprint density at radius 1 is 1.40 bits per heavy atom. The predicted octanol–water partition coefficient (Wildman–Crippen LogP) is 2.19. The van der Waals surface area contributed by atoms with E-state index in [1.165, 1.54) is 25.3 Å². The van der Waals surface area contributed by atoms with Gasteiger partial charge in [-0.1, -0.05) is 6.92 Å². The van der Waals surface area contributed by atoms with Gasteiger partial charge in [-0.25, -0.2) is 8.42 Å². The summed E-state index contributed by atoms with van der Waals surface area (Å²) in [4.78, 5) is 10.1. The minimum atomic E-state index is -3.59. The van der Waals surface area contributed by atoms with E-state index in [0.717, 1.165) is 0 Å². The molecule has 1 rings (SSSR count). The average molecular weight is 324 g/mol. The Labute approximate surface area is 121 Å². The maximum Gasteiger partial charge on any atom is 0.273 e. The number of non-ortho nitro benzene ring substituents is 1. The standard InChI is InChI=1S/C11H14ClNO6S/c1-8(7-20(12,16)17)6-19-10-4-3-9(13(14)15)5-11(10)18-2/h3-5,8H,6-7H2,1-2H3. The maximum absolute atomic E-state index is 10.9. The van der Waals surface area contributed by atoms with Gasteiger partial charge in [-0.3, -0.25) is 10.1 Å². The quantitative estimate of drug-likeness (QED) is 0.433. The monoisotopic (exact) mass is 323 g/mol. The zero-order valence-electron chi connectivity index (χ0n) is 10.9. The summed E-state index contributed by atoms with van der Waals surface area (Å²) in [5.41, 5.74) is -0.120. The molecule has 1 aromatic carbocycles. The second-order valence-corrected chi connectivity index (χ2v) is 7.04. The van der Waals surface area contributed by atoms with Gasteiger partial charge in [0.2, 0.25) is 9.05 Å². The zero-order valence-corrected chi connectivity index (χ0v) is 12.5. The number of nitro benzene ring substituents is 1. The van der Waals surface area contributed by atoms with Gasteiger partial charge in [0.15, 0.2) is 11.5 Å². The Morgan fingerprint density at radius 2 is 2.05 bits per heavy atom. The fourth-order valence-corrected chi connectivity index (χ4v) is 2.93. The molecule has 0 aliphatic rings. The topological polar surface area (TPSA) is 95.7 Å². The van der Waals surface area contributed by atoms with E-state index in [0.29, 0.717) is 5.75 Å². The molecule has 0 saturated carbocycles. The van der Waals surface area contributed by atoms with E-state index < -0.39 is 14.0 Å². The van der Waals surface area contributed by atoms with Crippen molar-refractivity contribution in [3.8, 4) is 11.5 Å². The first-order valence-electron chi connectivity index (χ1n) is 5.60. The van der Waals surface area contributed by atoms with Crippen LogP contribution in [0.3, 0.4) is 0 Å². The molecule has 0 amide bonds. The second kappa shape index (κ2) is 6.76. The normalized spacial score (nSPS) is 12.8. The molecular formula is C11H14ClNO6S.